The number of carbonyl (C=O) groups excluding carboxylic acids is 2. The fourth-order valence-electron chi connectivity index (χ4n) is 3.27. The Labute approximate surface area is 145 Å². The summed E-state index contributed by atoms with van der Waals surface area (Å²) >= 11 is 0. The summed E-state index contributed by atoms with van der Waals surface area (Å²) in [6.45, 7) is 0.861. The van der Waals surface area contributed by atoms with Gasteiger partial charge in [-0.3, -0.25) is 4.79 Å². The van der Waals surface area contributed by atoms with Crippen molar-refractivity contribution in [1.29, 1.82) is 0 Å². The van der Waals surface area contributed by atoms with Crippen LogP contribution in [0.5, 0.6) is 5.75 Å². The molecule has 0 saturated heterocycles. The van der Waals surface area contributed by atoms with Crippen LogP contribution in [0.2, 0.25) is 0 Å². The van der Waals surface area contributed by atoms with Gasteiger partial charge in [0.15, 0.2) is 0 Å². The van der Waals surface area contributed by atoms with E-state index < -0.39 is 0 Å². The van der Waals surface area contributed by atoms with Gasteiger partial charge in [-0.1, -0.05) is 18.2 Å². The van der Waals surface area contributed by atoms with Crippen molar-refractivity contribution in [3.05, 3.63) is 64.7 Å². The molecule has 0 bridgehead atoms. The number of ether oxygens (including phenoxy) is 2. The van der Waals surface area contributed by atoms with Crippen LogP contribution < -0.4 is 9.64 Å². The Morgan fingerprint density at radius 2 is 2.00 bits per heavy atom. The van der Waals surface area contributed by atoms with Crippen molar-refractivity contribution in [2.75, 3.05) is 25.2 Å². The molecule has 1 amide bonds. The molecule has 0 atom stereocenters. The molecule has 0 unspecified atom stereocenters. The summed E-state index contributed by atoms with van der Waals surface area (Å²) in [6.07, 6.45) is 2.61. The van der Waals surface area contributed by atoms with Crippen molar-refractivity contribution < 1.29 is 19.1 Å². The molecule has 5 heteroatoms. The number of nitrogens with zero attached hydrogens (tertiary/aromatic N) is 1. The van der Waals surface area contributed by atoms with Gasteiger partial charge in [0.25, 0.3) is 5.91 Å². The lowest BCUT2D eigenvalue weighted by Crippen LogP contribution is -2.32. The van der Waals surface area contributed by atoms with Crippen molar-refractivity contribution in [1.82, 2.24) is 0 Å². The number of benzene rings is 2. The van der Waals surface area contributed by atoms with Crippen molar-refractivity contribution in [3.8, 4) is 5.75 Å². The summed E-state index contributed by atoms with van der Waals surface area (Å²) < 4.78 is 10.4. The van der Waals surface area contributed by atoms with Crippen LogP contribution in [0.15, 0.2) is 48.0 Å². The Bertz CT molecular complexity index is 900. The highest BCUT2D eigenvalue weighted by atomic mass is 16.5. The highest BCUT2D eigenvalue weighted by Gasteiger charge is 2.29. The molecule has 0 fully saturated rings. The zero-order valence-electron chi connectivity index (χ0n) is 13.8. The maximum Gasteiger partial charge on any atom is 0.337 e. The average Bonchev–Trinajstić information content (AvgIpc) is 3.09. The maximum atomic E-state index is 12.9. The van der Waals surface area contributed by atoms with Crippen molar-refractivity contribution >= 4 is 23.6 Å². The van der Waals surface area contributed by atoms with Gasteiger partial charge in [-0.15, -0.1) is 0 Å². The smallest absolute Gasteiger partial charge is 0.337 e. The van der Waals surface area contributed by atoms with E-state index in [1.165, 1.54) is 7.11 Å². The van der Waals surface area contributed by atoms with Gasteiger partial charge in [0, 0.05) is 17.8 Å². The Morgan fingerprint density at radius 3 is 2.84 bits per heavy atom. The number of amides is 1. The number of hydrogen-bond acceptors (Lipinski definition) is 4. The van der Waals surface area contributed by atoms with Gasteiger partial charge in [-0.05, 0) is 42.3 Å². The van der Waals surface area contributed by atoms with Crippen molar-refractivity contribution in [3.63, 3.8) is 0 Å². The average molecular weight is 335 g/mol. The minimum absolute atomic E-state index is 0.0564. The zero-order chi connectivity index (χ0) is 17.4. The molecule has 5 nitrogen and oxygen atoms in total. The van der Waals surface area contributed by atoms with Crippen LogP contribution in [0.25, 0.3) is 6.08 Å². The molecule has 0 N–H and O–H groups in total. The summed E-state index contributed by atoms with van der Waals surface area (Å²) in [5.41, 5.74) is 3.87. The summed E-state index contributed by atoms with van der Waals surface area (Å²) in [5.74, 6) is 0.371. The predicted molar refractivity (Wildman–Crippen MR) is 93.8 cm³/mol. The highest BCUT2D eigenvalue weighted by Crippen LogP contribution is 2.32. The minimum Gasteiger partial charge on any atom is -0.488 e. The Balaban J connectivity index is 1.62. The quantitative estimate of drug-likeness (QED) is 0.792. The van der Waals surface area contributed by atoms with Crippen LogP contribution in [0.1, 0.15) is 21.5 Å². The molecule has 4 rings (SSSR count). The first-order valence-electron chi connectivity index (χ1n) is 8.13. The third kappa shape index (κ3) is 2.67. The molecule has 2 heterocycles. The number of hydrogen-bond donors (Lipinski definition) is 0. The lowest BCUT2D eigenvalue weighted by atomic mass is 10.1. The van der Waals surface area contributed by atoms with Gasteiger partial charge in [0.1, 0.15) is 12.4 Å². The molecule has 2 aliphatic rings. The van der Waals surface area contributed by atoms with Crippen molar-refractivity contribution in [2.24, 2.45) is 0 Å². The van der Waals surface area contributed by atoms with Gasteiger partial charge in [-0.2, -0.15) is 0 Å². The van der Waals surface area contributed by atoms with Crippen LogP contribution in [0.4, 0.5) is 5.69 Å². The SMILES string of the molecule is COC(=O)c1ccc2c(c1)CCN2C(=O)C1=Cc2ccccc2OC1. The number of rotatable bonds is 2. The fourth-order valence-corrected chi connectivity index (χ4v) is 3.27. The third-order valence-corrected chi connectivity index (χ3v) is 4.55. The second kappa shape index (κ2) is 6.09. The summed E-state index contributed by atoms with van der Waals surface area (Å²) in [4.78, 5) is 26.3. The lowest BCUT2D eigenvalue weighted by Gasteiger charge is -2.22. The number of para-hydroxylation sites is 1. The van der Waals surface area contributed by atoms with E-state index in [4.69, 9.17) is 9.47 Å². The summed E-state index contributed by atoms with van der Waals surface area (Å²) in [5, 5.41) is 0. The second-order valence-electron chi connectivity index (χ2n) is 6.04. The Morgan fingerprint density at radius 1 is 1.16 bits per heavy atom. The monoisotopic (exact) mass is 335 g/mol. The minimum atomic E-state index is -0.368. The molecule has 0 radical (unpaired) electrons. The van der Waals surface area contributed by atoms with Gasteiger partial charge in [0.2, 0.25) is 0 Å². The number of esters is 1. The molecule has 0 saturated carbocycles. The van der Waals surface area contributed by atoms with E-state index in [-0.39, 0.29) is 18.5 Å². The lowest BCUT2D eigenvalue weighted by molar-refractivity contribution is -0.115. The molecule has 0 spiro atoms. The summed E-state index contributed by atoms with van der Waals surface area (Å²) in [6, 6.07) is 13.0. The molecular weight excluding hydrogens is 318 g/mol. The van der Waals surface area contributed by atoms with E-state index in [1.807, 2.05) is 36.4 Å². The standard InChI is InChI=1S/C20H17NO4/c1-24-20(23)15-6-7-17-13(10-15)8-9-21(17)19(22)16-11-14-4-2-3-5-18(14)25-12-16/h2-7,10-11H,8-9,12H2,1H3. The normalized spacial score (nSPS) is 14.9. The number of carbonyl (C=O) groups is 2. The number of methoxy groups -OCH3 is 1. The van der Waals surface area contributed by atoms with E-state index in [0.717, 1.165) is 29.0 Å². The predicted octanol–water partition coefficient (Wildman–Crippen LogP) is 2.84. The second-order valence-corrected chi connectivity index (χ2v) is 6.04. The van der Waals surface area contributed by atoms with E-state index in [9.17, 15) is 9.59 Å². The van der Waals surface area contributed by atoms with Crippen LogP contribution >= 0.6 is 0 Å². The first-order chi connectivity index (χ1) is 12.2. The molecule has 2 aromatic carbocycles. The maximum absolute atomic E-state index is 12.9. The van der Waals surface area contributed by atoms with Gasteiger partial charge < -0.3 is 14.4 Å². The van der Waals surface area contributed by atoms with Crippen LogP contribution in [0.3, 0.4) is 0 Å². The topological polar surface area (TPSA) is 55.8 Å². The molecule has 0 aromatic heterocycles. The molecule has 25 heavy (non-hydrogen) atoms. The van der Waals surface area contributed by atoms with Gasteiger partial charge in [0.05, 0.1) is 18.2 Å². The molecule has 2 aromatic rings. The molecular formula is C20H17NO4. The Kier molecular flexibility index (Phi) is 3.76. The first kappa shape index (κ1) is 15.4. The first-order valence-corrected chi connectivity index (χ1v) is 8.13. The van der Waals surface area contributed by atoms with Gasteiger partial charge >= 0.3 is 5.97 Å². The third-order valence-electron chi connectivity index (χ3n) is 4.55. The van der Waals surface area contributed by atoms with Gasteiger partial charge in [-0.25, -0.2) is 4.79 Å². The summed E-state index contributed by atoms with van der Waals surface area (Å²) in [7, 11) is 1.36. The van der Waals surface area contributed by atoms with E-state index in [2.05, 4.69) is 0 Å². The van der Waals surface area contributed by atoms with Crippen LogP contribution in [0, 0.1) is 0 Å². The molecule has 126 valence electrons. The van der Waals surface area contributed by atoms with E-state index >= 15 is 0 Å². The zero-order valence-corrected chi connectivity index (χ0v) is 13.8. The fraction of sp³-hybridized carbons (Fsp3) is 0.200. The van der Waals surface area contributed by atoms with Crippen LogP contribution in [-0.2, 0) is 16.0 Å². The number of anilines is 1. The number of fused-ring (bicyclic) bond motifs is 2. The molecule has 0 aliphatic carbocycles. The van der Waals surface area contributed by atoms with Crippen LogP contribution in [-0.4, -0.2) is 32.1 Å². The Hall–Kier alpha value is -3.08. The molecule has 2 aliphatic heterocycles. The largest absolute Gasteiger partial charge is 0.488 e. The highest BCUT2D eigenvalue weighted by molar-refractivity contribution is 6.10. The van der Waals surface area contributed by atoms with Crippen molar-refractivity contribution in [2.45, 2.75) is 6.42 Å². The van der Waals surface area contributed by atoms with E-state index in [0.29, 0.717) is 17.7 Å². The van der Waals surface area contributed by atoms with E-state index in [1.54, 1.807) is 17.0 Å².